The number of aromatic nitrogens is 2. The number of imidazole rings is 1. The lowest BCUT2D eigenvalue weighted by atomic mass is 10.0. The number of fused-ring (bicyclic) bond motifs is 1. The van der Waals surface area contributed by atoms with E-state index in [1.165, 1.54) is 0 Å². The van der Waals surface area contributed by atoms with E-state index in [2.05, 4.69) is 15.6 Å². The first kappa shape index (κ1) is 20.5. The minimum atomic E-state index is -0.723. The molecule has 1 aromatic carbocycles. The van der Waals surface area contributed by atoms with E-state index in [1.54, 1.807) is 25.3 Å². The first-order valence-corrected chi connectivity index (χ1v) is 9.03. The van der Waals surface area contributed by atoms with Gasteiger partial charge in [0.05, 0.1) is 11.0 Å². The second kappa shape index (κ2) is 8.28. The number of ether oxygens (including phenoxy) is 1. The number of hydrogen-bond donors (Lipinski definition) is 3. The van der Waals surface area contributed by atoms with Crippen molar-refractivity contribution in [1.29, 1.82) is 0 Å². The van der Waals surface area contributed by atoms with Crippen molar-refractivity contribution in [3.8, 4) is 0 Å². The van der Waals surface area contributed by atoms with Gasteiger partial charge in [-0.25, -0.2) is 9.59 Å². The molecule has 2 rings (SSSR count). The first-order chi connectivity index (χ1) is 12.6. The average Bonchev–Trinajstić information content (AvgIpc) is 2.86. The van der Waals surface area contributed by atoms with Crippen LogP contribution >= 0.6 is 0 Å². The predicted octanol–water partition coefficient (Wildman–Crippen LogP) is 2.00. The van der Waals surface area contributed by atoms with Crippen LogP contribution in [0.2, 0.25) is 0 Å². The molecule has 3 N–H and O–H groups in total. The summed E-state index contributed by atoms with van der Waals surface area (Å²) in [6, 6.07) is 6.64. The Morgan fingerprint density at radius 3 is 2.52 bits per heavy atom. The highest BCUT2D eigenvalue weighted by atomic mass is 16.6. The molecule has 0 aliphatic rings. The summed E-state index contributed by atoms with van der Waals surface area (Å²) in [5.74, 6) is -0.433. The number of nitrogens with one attached hydrogen (secondary N) is 3. The van der Waals surface area contributed by atoms with Crippen LogP contribution in [-0.2, 0) is 16.1 Å². The number of alkyl carbamates (subject to hydrolysis) is 1. The molecule has 1 heterocycles. The molecular formula is C19H28N4O4. The summed E-state index contributed by atoms with van der Waals surface area (Å²) in [5, 5.41) is 5.39. The summed E-state index contributed by atoms with van der Waals surface area (Å²) >= 11 is 0. The molecule has 1 unspecified atom stereocenters. The third-order valence-electron chi connectivity index (χ3n) is 3.94. The van der Waals surface area contributed by atoms with Crippen molar-refractivity contribution in [2.24, 2.45) is 5.92 Å². The van der Waals surface area contributed by atoms with E-state index in [9.17, 15) is 14.4 Å². The summed E-state index contributed by atoms with van der Waals surface area (Å²) in [5.41, 5.74) is 0.667. The van der Waals surface area contributed by atoms with Gasteiger partial charge in [0.15, 0.2) is 0 Å². The quantitative estimate of drug-likeness (QED) is 0.717. The fraction of sp³-hybridized carbons (Fsp3) is 0.526. The Labute approximate surface area is 158 Å². The Morgan fingerprint density at radius 1 is 1.22 bits per heavy atom. The molecule has 0 spiro atoms. The number of aromatic amines is 1. The number of amides is 2. The van der Waals surface area contributed by atoms with Crippen molar-refractivity contribution in [3.05, 3.63) is 34.7 Å². The molecule has 8 nitrogen and oxygen atoms in total. The molecule has 27 heavy (non-hydrogen) atoms. The van der Waals surface area contributed by atoms with Crippen molar-refractivity contribution in [2.45, 2.75) is 52.8 Å². The number of para-hydroxylation sites is 2. The third kappa shape index (κ3) is 5.60. The summed E-state index contributed by atoms with van der Waals surface area (Å²) in [4.78, 5) is 39.3. The summed E-state index contributed by atoms with van der Waals surface area (Å²) < 4.78 is 6.79. The molecule has 2 amide bonds. The summed E-state index contributed by atoms with van der Waals surface area (Å²) in [6.45, 7) is 9.55. The first-order valence-electron chi connectivity index (χ1n) is 9.03. The molecule has 0 saturated heterocycles. The van der Waals surface area contributed by atoms with Gasteiger partial charge in [0, 0.05) is 13.1 Å². The van der Waals surface area contributed by atoms with E-state index < -0.39 is 17.7 Å². The molecule has 2 aromatic rings. The predicted molar refractivity (Wildman–Crippen MR) is 104 cm³/mol. The number of carbonyl (C=O) groups is 2. The van der Waals surface area contributed by atoms with Crippen molar-refractivity contribution in [2.75, 3.05) is 6.54 Å². The molecule has 8 heteroatoms. The second-order valence-electron chi connectivity index (χ2n) is 7.76. The van der Waals surface area contributed by atoms with Gasteiger partial charge in [-0.05, 0) is 38.8 Å². The van der Waals surface area contributed by atoms with Crippen molar-refractivity contribution < 1.29 is 14.3 Å². The standard InChI is InChI=1S/C19H28N4O4/c1-12(2)15(22-18(26)27-19(3,4)5)16(24)20-10-11-23-14-9-7-6-8-13(14)21-17(23)25/h6-9,12,15H,10-11H2,1-5H3,(H,20,24)(H,21,25)(H,22,26). The van der Waals surface area contributed by atoms with Gasteiger partial charge in [0.2, 0.25) is 5.91 Å². The maximum absolute atomic E-state index is 12.5. The van der Waals surface area contributed by atoms with Gasteiger partial charge >= 0.3 is 11.8 Å². The van der Waals surface area contributed by atoms with Crippen LogP contribution in [-0.4, -0.2) is 39.7 Å². The van der Waals surface area contributed by atoms with Gasteiger partial charge in [-0.15, -0.1) is 0 Å². The Bertz CT molecular complexity index is 860. The van der Waals surface area contributed by atoms with Gasteiger partial charge < -0.3 is 20.4 Å². The highest BCUT2D eigenvalue weighted by Crippen LogP contribution is 2.10. The zero-order chi connectivity index (χ0) is 20.2. The lowest BCUT2D eigenvalue weighted by Crippen LogP contribution is -2.51. The van der Waals surface area contributed by atoms with Gasteiger partial charge in [0.25, 0.3) is 0 Å². The highest BCUT2D eigenvalue weighted by Gasteiger charge is 2.26. The molecule has 0 fully saturated rings. The molecule has 148 valence electrons. The van der Waals surface area contributed by atoms with Gasteiger partial charge in [-0.3, -0.25) is 9.36 Å². The largest absolute Gasteiger partial charge is 0.444 e. The summed E-state index contributed by atoms with van der Waals surface area (Å²) in [6.07, 6.45) is -0.635. The Kier molecular flexibility index (Phi) is 6.30. The minimum absolute atomic E-state index is 0.117. The molecule has 0 bridgehead atoms. The number of benzene rings is 1. The lowest BCUT2D eigenvalue weighted by molar-refractivity contribution is -0.124. The maximum atomic E-state index is 12.5. The number of carbonyl (C=O) groups excluding carboxylic acids is 2. The van der Waals surface area contributed by atoms with Crippen LogP contribution in [0.1, 0.15) is 34.6 Å². The Hall–Kier alpha value is -2.77. The highest BCUT2D eigenvalue weighted by molar-refractivity contribution is 5.86. The molecule has 1 atom stereocenters. The summed E-state index contributed by atoms with van der Waals surface area (Å²) in [7, 11) is 0. The zero-order valence-electron chi connectivity index (χ0n) is 16.5. The SMILES string of the molecule is CC(C)C(NC(=O)OC(C)(C)C)C(=O)NCCn1c(=O)[nH]c2ccccc21. The van der Waals surface area contributed by atoms with Crippen LogP contribution in [0.3, 0.4) is 0 Å². The number of hydrogen-bond acceptors (Lipinski definition) is 4. The number of nitrogens with zero attached hydrogens (tertiary/aromatic N) is 1. The van der Waals surface area contributed by atoms with E-state index >= 15 is 0 Å². The Morgan fingerprint density at radius 2 is 1.89 bits per heavy atom. The fourth-order valence-electron chi connectivity index (χ4n) is 2.70. The smallest absolute Gasteiger partial charge is 0.408 e. The van der Waals surface area contributed by atoms with Crippen LogP contribution in [0.15, 0.2) is 29.1 Å². The van der Waals surface area contributed by atoms with Crippen LogP contribution in [0.4, 0.5) is 4.79 Å². The Balaban J connectivity index is 1.96. The van der Waals surface area contributed by atoms with E-state index in [4.69, 9.17) is 4.74 Å². The van der Waals surface area contributed by atoms with Crippen LogP contribution < -0.4 is 16.3 Å². The monoisotopic (exact) mass is 376 g/mol. The van der Waals surface area contributed by atoms with Gasteiger partial charge in [-0.2, -0.15) is 0 Å². The average molecular weight is 376 g/mol. The number of rotatable bonds is 6. The molecular weight excluding hydrogens is 348 g/mol. The molecule has 1 aromatic heterocycles. The van der Waals surface area contributed by atoms with Crippen molar-refractivity contribution in [1.82, 2.24) is 20.2 Å². The normalized spacial score (nSPS) is 12.8. The zero-order valence-corrected chi connectivity index (χ0v) is 16.5. The van der Waals surface area contributed by atoms with E-state index in [1.807, 2.05) is 38.1 Å². The topological polar surface area (TPSA) is 105 Å². The second-order valence-corrected chi connectivity index (χ2v) is 7.76. The van der Waals surface area contributed by atoms with Crippen molar-refractivity contribution >= 4 is 23.0 Å². The molecule has 0 aliphatic heterocycles. The van der Waals surface area contributed by atoms with Gasteiger partial charge in [-0.1, -0.05) is 26.0 Å². The number of H-pyrrole nitrogens is 1. The van der Waals surface area contributed by atoms with Gasteiger partial charge in [0.1, 0.15) is 11.6 Å². The van der Waals surface area contributed by atoms with E-state index in [0.29, 0.717) is 6.54 Å². The molecule has 0 aliphatic carbocycles. The van der Waals surface area contributed by atoms with Crippen LogP contribution in [0.25, 0.3) is 11.0 Å². The van der Waals surface area contributed by atoms with E-state index in [0.717, 1.165) is 11.0 Å². The van der Waals surface area contributed by atoms with E-state index in [-0.39, 0.29) is 24.1 Å². The fourth-order valence-corrected chi connectivity index (χ4v) is 2.70. The third-order valence-corrected chi connectivity index (χ3v) is 3.94. The van der Waals surface area contributed by atoms with Crippen LogP contribution in [0, 0.1) is 5.92 Å². The van der Waals surface area contributed by atoms with Crippen LogP contribution in [0.5, 0.6) is 0 Å². The van der Waals surface area contributed by atoms with Crippen molar-refractivity contribution in [3.63, 3.8) is 0 Å². The molecule has 0 radical (unpaired) electrons. The minimum Gasteiger partial charge on any atom is -0.444 e. The molecule has 0 saturated carbocycles. The lowest BCUT2D eigenvalue weighted by Gasteiger charge is -2.25. The maximum Gasteiger partial charge on any atom is 0.408 e.